The largest absolute Gasteiger partial charge is 0.495 e. The maximum Gasteiger partial charge on any atom is 0.495 e. The Balaban J connectivity index is 1.41. The number of likely N-dealkylation sites (tertiary alicyclic amines) is 1. The molecule has 2 atom stereocenters. The molecule has 2 aromatic heterocycles. The highest BCUT2D eigenvalue weighted by molar-refractivity contribution is 6.65. The summed E-state index contributed by atoms with van der Waals surface area (Å²) in [6.45, 7) is 12.4. The van der Waals surface area contributed by atoms with Crippen molar-refractivity contribution in [2.75, 3.05) is 13.7 Å². The van der Waals surface area contributed by atoms with Gasteiger partial charge in [-0.15, -0.1) is 0 Å². The lowest BCUT2D eigenvalue weighted by molar-refractivity contribution is -0.135. The number of ether oxygens (including phenoxy) is 1. The molecule has 0 radical (unpaired) electrons. The lowest BCUT2D eigenvalue weighted by Crippen LogP contribution is -2.51. The van der Waals surface area contributed by atoms with Crippen LogP contribution in [0.4, 0.5) is 4.79 Å². The summed E-state index contributed by atoms with van der Waals surface area (Å²) in [5.41, 5.74) is 2.05. The van der Waals surface area contributed by atoms with E-state index in [0.29, 0.717) is 18.0 Å². The molecule has 39 heavy (non-hydrogen) atoms. The summed E-state index contributed by atoms with van der Waals surface area (Å²) in [6.07, 6.45) is 4.39. The third-order valence-corrected chi connectivity index (χ3v) is 8.19. The summed E-state index contributed by atoms with van der Waals surface area (Å²) in [5.74, 6) is 0.423. The molecule has 12 heteroatoms. The number of carbonyl (C=O) groups excluding carboxylic acids is 2. The van der Waals surface area contributed by atoms with Crippen molar-refractivity contribution in [3.8, 4) is 11.3 Å². The van der Waals surface area contributed by atoms with Gasteiger partial charge in [-0.3, -0.25) is 4.79 Å². The van der Waals surface area contributed by atoms with Crippen LogP contribution in [0.3, 0.4) is 0 Å². The van der Waals surface area contributed by atoms with E-state index in [9.17, 15) is 9.59 Å². The molecule has 208 valence electrons. The van der Waals surface area contributed by atoms with Crippen LogP contribution in [-0.2, 0) is 18.8 Å². The molecule has 2 amide bonds. The number of carbonyl (C=O) groups is 2. The van der Waals surface area contributed by atoms with Crippen LogP contribution in [0.15, 0.2) is 29.0 Å². The van der Waals surface area contributed by atoms with Gasteiger partial charge in [-0.1, -0.05) is 25.1 Å². The Hall–Kier alpha value is -3.38. The summed E-state index contributed by atoms with van der Waals surface area (Å²) in [4.78, 5) is 35.2. The Kier molecular flexibility index (Phi) is 6.96. The number of benzene rings is 1. The maximum absolute atomic E-state index is 13.5. The highest BCUT2D eigenvalue weighted by atomic mass is 16.7. The molecule has 2 N–H and O–H groups in total. The molecular formula is C27H36BN5O6. The van der Waals surface area contributed by atoms with Crippen molar-refractivity contribution in [2.24, 2.45) is 5.92 Å². The van der Waals surface area contributed by atoms with Crippen LogP contribution in [0.25, 0.3) is 22.2 Å². The second-order valence-corrected chi connectivity index (χ2v) is 11.6. The smallest absolute Gasteiger partial charge is 0.453 e. The van der Waals surface area contributed by atoms with E-state index < -0.39 is 30.5 Å². The average molecular weight is 537 g/mol. The molecule has 0 spiro atoms. The molecule has 0 bridgehead atoms. The molecule has 3 aromatic rings. The molecule has 4 heterocycles. The first-order chi connectivity index (χ1) is 18.4. The van der Waals surface area contributed by atoms with Gasteiger partial charge >= 0.3 is 13.2 Å². The number of aromatic nitrogens is 3. The van der Waals surface area contributed by atoms with Crippen molar-refractivity contribution in [3.63, 3.8) is 0 Å². The fourth-order valence-corrected chi connectivity index (χ4v) is 5.20. The Labute approximate surface area is 228 Å². The predicted octanol–water partition coefficient (Wildman–Crippen LogP) is 3.56. The molecule has 0 unspecified atom stereocenters. The van der Waals surface area contributed by atoms with E-state index in [1.807, 2.05) is 53.7 Å². The number of rotatable bonds is 6. The van der Waals surface area contributed by atoms with Crippen LogP contribution < -0.4 is 10.8 Å². The molecule has 2 fully saturated rings. The number of hydrogen-bond acceptors (Lipinski definition) is 8. The molecule has 2 saturated heterocycles. The van der Waals surface area contributed by atoms with Gasteiger partial charge in [-0.05, 0) is 58.0 Å². The average Bonchev–Trinajstić information content (AvgIpc) is 3.66. The quantitative estimate of drug-likeness (QED) is 0.457. The lowest BCUT2D eigenvalue weighted by Gasteiger charge is -2.32. The van der Waals surface area contributed by atoms with Crippen LogP contribution in [0.5, 0.6) is 0 Å². The second kappa shape index (κ2) is 9.98. The van der Waals surface area contributed by atoms with E-state index in [-0.39, 0.29) is 17.9 Å². The third-order valence-electron chi connectivity index (χ3n) is 8.19. The lowest BCUT2D eigenvalue weighted by atomic mass is 9.76. The molecule has 1 aromatic carbocycles. The van der Waals surface area contributed by atoms with Crippen molar-refractivity contribution >= 4 is 35.6 Å². The van der Waals surface area contributed by atoms with Crippen LogP contribution in [-0.4, -0.2) is 70.0 Å². The number of alkyl carbamates (subject to hydrolysis) is 1. The van der Waals surface area contributed by atoms with Gasteiger partial charge < -0.3 is 33.8 Å². The van der Waals surface area contributed by atoms with Crippen molar-refractivity contribution in [2.45, 2.75) is 77.7 Å². The summed E-state index contributed by atoms with van der Waals surface area (Å²) in [5, 5.41) is 7.54. The van der Waals surface area contributed by atoms with Crippen LogP contribution in [0.1, 0.15) is 66.3 Å². The second-order valence-electron chi connectivity index (χ2n) is 11.6. The van der Waals surface area contributed by atoms with Crippen LogP contribution in [0.2, 0.25) is 0 Å². The SMILES string of the molecule is COC(=O)N[C@H](C(=O)N1CCC[C@H]1c1ncc(-c2ccc(B3OC(C)(C)C(C)(C)O3)c3cnoc23)[nH]1)C(C)C. The highest BCUT2D eigenvalue weighted by Crippen LogP contribution is 2.38. The van der Waals surface area contributed by atoms with Gasteiger partial charge in [0.15, 0.2) is 5.58 Å². The standard InChI is InChI=1S/C27H36BN5O6/c1-15(2)21(32-25(35)36-7)24(34)33-12-8-9-20(33)23-29-14-19(31-23)16-10-11-18(17-13-30-37-22(16)17)28-38-26(3,4)27(5,6)39-28/h10-11,13-15,20-21H,8-9,12H2,1-7H3,(H,29,31)(H,32,35)/t20-,21-/m0/s1. The van der Waals surface area contributed by atoms with Crippen molar-refractivity contribution in [1.82, 2.24) is 25.3 Å². The minimum absolute atomic E-state index is 0.104. The summed E-state index contributed by atoms with van der Waals surface area (Å²) in [6, 6.07) is 2.98. The predicted molar refractivity (Wildman–Crippen MR) is 145 cm³/mol. The van der Waals surface area contributed by atoms with E-state index in [2.05, 4.69) is 20.4 Å². The van der Waals surface area contributed by atoms with Gasteiger partial charge in [0.2, 0.25) is 5.91 Å². The fourth-order valence-electron chi connectivity index (χ4n) is 5.20. The zero-order chi connectivity index (χ0) is 28.1. The van der Waals surface area contributed by atoms with Gasteiger partial charge in [0.25, 0.3) is 0 Å². The number of methoxy groups -OCH3 is 1. The van der Waals surface area contributed by atoms with Crippen LogP contribution >= 0.6 is 0 Å². The number of H-pyrrole nitrogens is 1. The topological polar surface area (TPSA) is 132 Å². The Morgan fingerprint density at radius 2 is 1.90 bits per heavy atom. The molecule has 5 rings (SSSR count). The molecule has 2 aliphatic rings. The van der Waals surface area contributed by atoms with Crippen LogP contribution in [0, 0.1) is 5.92 Å². The molecule has 2 aliphatic heterocycles. The van der Waals surface area contributed by atoms with Crippen molar-refractivity contribution in [3.05, 3.63) is 30.4 Å². The first kappa shape index (κ1) is 27.2. The third kappa shape index (κ3) is 4.80. The molecule has 11 nitrogen and oxygen atoms in total. The normalized spacial score (nSPS) is 21.1. The van der Waals surface area contributed by atoms with Gasteiger partial charge in [0.05, 0.1) is 42.4 Å². The Morgan fingerprint density at radius 1 is 1.18 bits per heavy atom. The van der Waals surface area contributed by atoms with Crippen molar-refractivity contribution in [1.29, 1.82) is 0 Å². The monoisotopic (exact) mass is 537 g/mol. The number of nitrogens with one attached hydrogen (secondary N) is 2. The maximum atomic E-state index is 13.5. The van der Waals surface area contributed by atoms with E-state index in [0.717, 1.165) is 34.9 Å². The van der Waals surface area contributed by atoms with Crippen molar-refractivity contribution < 1.29 is 28.2 Å². The number of amides is 2. The van der Waals surface area contributed by atoms with Gasteiger partial charge in [-0.2, -0.15) is 0 Å². The van der Waals surface area contributed by atoms with Gasteiger partial charge in [0.1, 0.15) is 11.9 Å². The highest BCUT2D eigenvalue weighted by Gasteiger charge is 2.52. The Bertz CT molecular complexity index is 1370. The number of fused-ring (bicyclic) bond motifs is 1. The number of nitrogens with zero attached hydrogens (tertiary/aromatic N) is 3. The Morgan fingerprint density at radius 3 is 2.56 bits per heavy atom. The minimum Gasteiger partial charge on any atom is -0.453 e. The first-order valence-electron chi connectivity index (χ1n) is 13.4. The molecule has 0 aliphatic carbocycles. The van der Waals surface area contributed by atoms with E-state index in [4.69, 9.17) is 18.6 Å². The minimum atomic E-state index is -0.691. The summed E-state index contributed by atoms with van der Waals surface area (Å²) in [7, 11) is 0.738. The zero-order valence-electron chi connectivity index (χ0n) is 23.5. The molecule has 0 saturated carbocycles. The van der Waals surface area contributed by atoms with E-state index in [1.54, 1.807) is 17.3 Å². The molecular weight excluding hydrogens is 501 g/mol. The fraction of sp³-hybridized carbons (Fsp3) is 0.556. The van der Waals surface area contributed by atoms with Gasteiger partial charge in [-0.25, -0.2) is 9.78 Å². The first-order valence-corrected chi connectivity index (χ1v) is 13.4. The van der Waals surface area contributed by atoms with E-state index in [1.165, 1.54) is 7.11 Å². The number of aromatic amines is 1. The summed E-state index contributed by atoms with van der Waals surface area (Å²) >= 11 is 0. The number of hydrogen-bond donors (Lipinski definition) is 2. The summed E-state index contributed by atoms with van der Waals surface area (Å²) < 4.78 is 22.9. The van der Waals surface area contributed by atoms with Gasteiger partial charge in [0, 0.05) is 17.5 Å². The van der Waals surface area contributed by atoms with E-state index >= 15 is 0 Å². The zero-order valence-corrected chi connectivity index (χ0v) is 23.5. The number of imidazole rings is 1.